The van der Waals surface area contributed by atoms with Crippen molar-refractivity contribution < 1.29 is 26.7 Å². The van der Waals surface area contributed by atoms with Gasteiger partial charge in [0.1, 0.15) is 5.82 Å². The summed E-state index contributed by atoms with van der Waals surface area (Å²) in [6.45, 7) is 2.38. The Morgan fingerprint density at radius 3 is 2.57 bits per heavy atom. The van der Waals surface area contributed by atoms with Crippen LogP contribution >= 0.6 is 0 Å². The van der Waals surface area contributed by atoms with Gasteiger partial charge in [0.05, 0.1) is 19.3 Å². The lowest BCUT2D eigenvalue weighted by molar-refractivity contribution is 0.0386. The van der Waals surface area contributed by atoms with Crippen LogP contribution in [0.1, 0.15) is 19.8 Å². The summed E-state index contributed by atoms with van der Waals surface area (Å²) in [6.07, 6.45) is 1.23. The van der Waals surface area contributed by atoms with E-state index in [0.29, 0.717) is 19.4 Å². The number of rotatable bonds is 4. The Balaban J connectivity index is 2.42. The molecule has 1 N–H and O–H groups in total. The average Bonchev–Trinajstić information content (AvgIpc) is 2.40. The van der Waals surface area contributed by atoms with Crippen LogP contribution in [0.3, 0.4) is 0 Å². The van der Waals surface area contributed by atoms with E-state index in [2.05, 4.69) is 4.72 Å². The molecule has 118 valence electrons. The lowest BCUT2D eigenvalue weighted by Crippen LogP contribution is -2.51. The Hall–Kier alpha value is -1.25. The fourth-order valence-electron chi connectivity index (χ4n) is 2.35. The molecule has 5 nitrogen and oxygen atoms in total. The molecule has 8 heteroatoms. The quantitative estimate of drug-likeness (QED) is 0.919. The summed E-state index contributed by atoms with van der Waals surface area (Å²) >= 11 is 0. The molecule has 0 saturated carbocycles. The predicted octanol–water partition coefficient (Wildman–Crippen LogP) is 1.82. The largest absolute Gasteiger partial charge is 0.492 e. The van der Waals surface area contributed by atoms with E-state index < -0.39 is 37.8 Å². The van der Waals surface area contributed by atoms with Gasteiger partial charge in [-0.3, -0.25) is 0 Å². The van der Waals surface area contributed by atoms with Gasteiger partial charge in [0.25, 0.3) is 0 Å². The number of hydrogen-bond acceptors (Lipinski definition) is 4. The summed E-state index contributed by atoms with van der Waals surface area (Å²) in [6, 6.07) is 1.57. The molecule has 1 heterocycles. The van der Waals surface area contributed by atoms with E-state index >= 15 is 0 Å². The molecule has 0 bridgehead atoms. The van der Waals surface area contributed by atoms with E-state index in [1.807, 2.05) is 0 Å². The fourth-order valence-corrected chi connectivity index (χ4v) is 4.01. The maximum absolute atomic E-state index is 13.9. The van der Waals surface area contributed by atoms with Gasteiger partial charge in [0.2, 0.25) is 10.0 Å². The Morgan fingerprint density at radius 2 is 2.00 bits per heavy atom. The maximum atomic E-state index is 13.9. The van der Waals surface area contributed by atoms with E-state index in [-0.39, 0.29) is 6.61 Å². The Kier molecular flexibility index (Phi) is 4.50. The second-order valence-corrected chi connectivity index (χ2v) is 6.83. The van der Waals surface area contributed by atoms with Crippen LogP contribution in [-0.4, -0.2) is 34.3 Å². The smallest absolute Gasteiger partial charge is 0.247 e. The van der Waals surface area contributed by atoms with Crippen LogP contribution in [0.25, 0.3) is 0 Å². The molecular formula is C13H17F2NO4S. The standard InChI is InChI=1S/C13H17F2NO4S/c1-13(6-3-7-20-8-13)16-21(17,18)12-10(15)5-4-9(14)11(12)19-2/h4-5,16H,3,6-8H2,1-2H3. The summed E-state index contributed by atoms with van der Waals surface area (Å²) in [7, 11) is -3.20. The van der Waals surface area contributed by atoms with Crippen molar-refractivity contribution in [3.63, 3.8) is 0 Å². The number of benzene rings is 1. The maximum Gasteiger partial charge on any atom is 0.247 e. The number of halogens is 2. The Labute approximate surface area is 122 Å². The van der Waals surface area contributed by atoms with Crippen LogP contribution in [0.5, 0.6) is 5.75 Å². The predicted molar refractivity (Wildman–Crippen MR) is 71.7 cm³/mol. The molecule has 0 amide bonds. The van der Waals surface area contributed by atoms with Crippen LogP contribution in [0, 0.1) is 11.6 Å². The van der Waals surface area contributed by atoms with Crippen molar-refractivity contribution in [1.82, 2.24) is 4.72 Å². The molecule has 1 unspecified atom stereocenters. The van der Waals surface area contributed by atoms with Crippen molar-refractivity contribution >= 4 is 10.0 Å². The van der Waals surface area contributed by atoms with Gasteiger partial charge >= 0.3 is 0 Å². The molecule has 1 aromatic rings. The van der Waals surface area contributed by atoms with Gasteiger partial charge in [-0.15, -0.1) is 0 Å². The summed E-state index contributed by atoms with van der Waals surface area (Å²) in [5.41, 5.74) is -0.860. The van der Waals surface area contributed by atoms with E-state index in [0.717, 1.165) is 19.2 Å². The van der Waals surface area contributed by atoms with Crippen molar-refractivity contribution in [2.75, 3.05) is 20.3 Å². The SMILES string of the molecule is COc1c(F)ccc(F)c1S(=O)(=O)NC1(C)CCCOC1. The molecule has 1 atom stereocenters. The number of methoxy groups -OCH3 is 1. The topological polar surface area (TPSA) is 64.6 Å². The number of hydrogen-bond donors (Lipinski definition) is 1. The highest BCUT2D eigenvalue weighted by molar-refractivity contribution is 7.89. The second-order valence-electron chi connectivity index (χ2n) is 5.21. The third-order valence-corrected chi connectivity index (χ3v) is 4.99. The average molecular weight is 321 g/mol. The fraction of sp³-hybridized carbons (Fsp3) is 0.538. The monoisotopic (exact) mass is 321 g/mol. The highest BCUT2D eigenvalue weighted by Gasteiger charge is 2.36. The Bertz CT molecular complexity index is 627. The minimum Gasteiger partial charge on any atom is -0.492 e. The molecule has 1 aliphatic heterocycles. The van der Waals surface area contributed by atoms with Crippen LogP contribution in [0.15, 0.2) is 17.0 Å². The molecule has 1 aromatic carbocycles. The number of sulfonamides is 1. The first kappa shape index (κ1) is 16.1. The zero-order valence-electron chi connectivity index (χ0n) is 11.8. The summed E-state index contributed by atoms with van der Waals surface area (Å²) in [5.74, 6) is -2.65. The third kappa shape index (κ3) is 3.33. The molecule has 1 saturated heterocycles. The van der Waals surface area contributed by atoms with Crippen molar-refractivity contribution in [2.24, 2.45) is 0 Å². The van der Waals surface area contributed by atoms with E-state index in [1.165, 1.54) is 0 Å². The molecule has 21 heavy (non-hydrogen) atoms. The van der Waals surface area contributed by atoms with E-state index in [1.54, 1.807) is 6.92 Å². The van der Waals surface area contributed by atoms with Crippen LogP contribution in [-0.2, 0) is 14.8 Å². The Morgan fingerprint density at radius 1 is 1.33 bits per heavy atom. The van der Waals surface area contributed by atoms with Gasteiger partial charge in [-0.2, -0.15) is 0 Å². The summed E-state index contributed by atoms with van der Waals surface area (Å²) in [4.78, 5) is -0.822. The van der Waals surface area contributed by atoms with Gasteiger partial charge < -0.3 is 9.47 Å². The highest BCUT2D eigenvalue weighted by atomic mass is 32.2. The molecular weight excluding hydrogens is 304 g/mol. The molecule has 2 rings (SSSR count). The zero-order chi connectivity index (χ0) is 15.7. The number of ether oxygens (including phenoxy) is 2. The molecule has 1 aliphatic rings. The van der Waals surface area contributed by atoms with E-state index in [4.69, 9.17) is 9.47 Å². The van der Waals surface area contributed by atoms with Gasteiger partial charge in [-0.1, -0.05) is 0 Å². The van der Waals surface area contributed by atoms with Crippen molar-refractivity contribution in [3.05, 3.63) is 23.8 Å². The van der Waals surface area contributed by atoms with Gasteiger partial charge in [-0.25, -0.2) is 21.9 Å². The molecule has 0 aromatic heterocycles. The summed E-state index contributed by atoms with van der Waals surface area (Å²) < 4.78 is 64.7. The molecule has 0 spiro atoms. The first-order valence-electron chi connectivity index (χ1n) is 6.43. The van der Waals surface area contributed by atoms with Gasteiger partial charge in [-0.05, 0) is 31.9 Å². The van der Waals surface area contributed by atoms with Crippen LogP contribution < -0.4 is 9.46 Å². The van der Waals surface area contributed by atoms with Crippen LogP contribution in [0.2, 0.25) is 0 Å². The summed E-state index contributed by atoms with van der Waals surface area (Å²) in [5, 5.41) is 0. The van der Waals surface area contributed by atoms with Crippen molar-refractivity contribution in [1.29, 1.82) is 0 Å². The van der Waals surface area contributed by atoms with Gasteiger partial charge in [0.15, 0.2) is 16.5 Å². The van der Waals surface area contributed by atoms with Crippen LogP contribution in [0.4, 0.5) is 8.78 Å². The van der Waals surface area contributed by atoms with E-state index in [9.17, 15) is 17.2 Å². The second kappa shape index (κ2) is 5.86. The molecule has 1 fully saturated rings. The molecule has 0 aliphatic carbocycles. The minimum atomic E-state index is -4.28. The zero-order valence-corrected chi connectivity index (χ0v) is 12.6. The lowest BCUT2D eigenvalue weighted by Gasteiger charge is -2.34. The minimum absolute atomic E-state index is 0.172. The normalized spacial score (nSPS) is 23.0. The first-order chi connectivity index (χ1) is 9.79. The van der Waals surface area contributed by atoms with Crippen molar-refractivity contribution in [2.45, 2.75) is 30.2 Å². The third-order valence-electron chi connectivity index (χ3n) is 3.31. The lowest BCUT2D eigenvalue weighted by atomic mass is 9.97. The van der Waals surface area contributed by atoms with Crippen molar-refractivity contribution in [3.8, 4) is 5.75 Å². The van der Waals surface area contributed by atoms with Gasteiger partial charge in [0, 0.05) is 6.61 Å². The first-order valence-corrected chi connectivity index (χ1v) is 7.91. The highest BCUT2D eigenvalue weighted by Crippen LogP contribution is 2.31. The molecule has 0 radical (unpaired) electrons. The number of nitrogens with one attached hydrogen (secondary N) is 1.